The first kappa shape index (κ1) is 18.2. The van der Waals surface area contributed by atoms with Gasteiger partial charge < -0.3 is 4.90 Å². The minimum atomic E-state index is -0.317. The number of fused-ring (bicyclic) bond motifs is 2. The Labute approximate surface area is 178 Å². The number of carbonyl (C=O) groups excluding carboxylic acids is 1. The molecule has 0 bridgehead atoms. The highest BCUT2D eigenvalue weighted by Gasteiger charge is 2.33. The third kappa shape index (κ3) is 2.74. The lowest BCUT2D eigenvalue weighted by Crippen LogP contribution is -2.32. The minimum Gasteiger partial charge on any atom is -0.308 e. The van der Waals surface area contributed by atoms with Crippen molar-refractivity contribution in [3.63, 3.8) is 0 Å². The first-order valence-electron chi connectivity index (χ1n) is 9.10. The van der Waals surface area contributed by atoms with E-state index in [0.717, 1.165) is 26.9 Å². The number of hydrogen-bond donors (Lipinski definition) is 0. The summed E-state index contributed by atoms with van der Waals surface area (Å²) in [5.74, 6) is 0.335. The van der Waals surface area contributed by atoms with Gasteiger partial charge in [0.05, 0.1) is 11.3 Å². The van der Waals surface area contributed by atoms with Crippen LogP contribution in [0, 0.1) is 6.92 Å². The number of halogens is 1. The molecule has 0 fully saturated rings. The highest BCUT2D eigenvalue weighted by molar-refractivity contribution is 9.10. The van der Waals surface area contributed by atoms with Gasteiger partial charge in [-0.05, 0) is 32.0 Å². The first-order valence-corrected chi connectivity index (χ1v) is 10.7. The third-order valence-corrected chi connectivity index (χ3v) is 6.51. The van der Waals surface area contributed by atoms with Crippen molar-refractivity contribution in [1.29, 1.82) is 0 Å². The molecule has 1 aliphatic rings. The molecule has 2 aromatic carbocycles. The van der Waals surface area contributed by atoms with Gasteiger partial charge in [0.25, 0.3) is 11.5 Å². The molecule has 0 saturated heterocycles. The van der Waals surface area contributed by atoms with Gasteiger partial charge >= 0.3 is 0 Å². The van der Waals surface area contributed by atoms with Crippen molar-refractivity contribution in [3.05, 3.63) is 73.0 Å². The summed E-state index contributed by atoms with van der Waals surface area (Å²) in [4.78, 5) is 32.9. The fourth-order valence-corrected chi connectivity index (χ4v) is 4.91. The van der Waals surface area contributed by atoms with Gasteiger partial charge in [-0.15, -0.1) is 5.10 Å². The maximum Gasteiger partial charge on any atom is 0.291 e. The van der Waals surface area contributed by atoms with E-state index in [1.807, 2.05) is 56.3 Å². The smallest absolute Gasteiger partial charge is 0.291 e. The number of carbonyl (C=O) groups is 1. The van der Waals surface area contributed by atoms with Crippen LogP contribution in [0.2, 0.25) is 0 Å². The van der Waals surface area contributed by atoms with Crippen LogP contribution in [0.3, 0.4) is 0 Å². The standard InChI is InChI=1S/C21H15BrN4O2S/c1-3-25-15-9-8-13(22)10-14(15)16(19(25)27)17-20(28)26-21(29-17)23-18(24-26)12-6-4-11(2)5-7-12/h4-10H,3H2,1-2H3/b17-16-. The topological polar surface area (TPSA) is 67.6 Å². The molecular weight excluding hydrogens is 452 g/mol. The second kappa shape index (κ2) is 6.60. The zero-order valence-corrected chi connectivity index (χ0v) is 18.0. The SMILES string of the molecule is CCN1C(=O)/C(=c2\sc3nc(-c4ccc(C)cc4)nn3c2=O)c2cc(Br)ccc21. The molecule has 0 saturated carbocycles. The first-order chi connectivity index (χ1) is 14.0. The monoisotopic (exact) mass is 466 g/mol. The molecule has 3 heterocycles. The number of aromatic nitrogens is 3. The fourth-order valence-electron chi connectivity index (χ4n) is 3.55. The Balaban J connectivity index is 1.74. The maximum absolute atomic E-state index is 13.1. The van der Waals surface area contributed by atoms with E-state index in [2.05, 4.69) is 26.0 Å². The zero-order chi connectivity index (χ0) is 20.3. The highest BCUT2D eigenvalue weighted by Crippen LogP contribution is 2.37. The van der Waals surface area contributed by atoms with Crippen molar-refractivity contribution in [2.24, 2.45) is 0 Å². The highest BCUT2D eigenvalue weighted by atomic mass is 79.9. The number of amides is 1. The fraction of sp³-hybridized carbons (Fsp3) is 0.143. The van der Waals surface area contributed by atoms with Crippen LogP contribution in [0.5, 0.6) is 0 Å². The minimum absolute atomic E-state index is 0.166. The molecule has 0 atom stereocenters. The van der Waals surface area contributed by atoms with E-state index in [0.29, 0.717) is 27.4 Å². The molecule has 0 spiro atoms. The van der Waals surface area contributed by atoms with E-state index in [9.17, 15) is 9.59 Å². The second-order valence-corrected chi connectivity index (χ2v) is 8.71. The van der Waals surface area contributed by atoms with Crippen LogP contribution in [0.4, 0.5) is 5.69 Å². The summed E-state index contributed by atoms with van der Waals surface area (Å²) in [6, 6.07) is 13.5. The molecule has 144 valence electrons. The Hall–Kier alpha value is -2.84. The van der Waals surface area contributed by atoms with E-state index in [-0.39, 0.29) is 11.5 Å². The molecule has 1 aliphatic heterocycles. The normalized spacial score (nSPS) is 15.4. The predicted octanol–water partition coefficient (Wildman–Crippen LogP) is 3.17. The van der Waals surface area contributed by atoms with Crippen LogP contribution in [-0.4, -0.2) is 27.0 Å². The Bertz CT molecular complexity index is 1410. The molecule has 0 aliphatic carbocycles. The maximum atomic E-state index is 13.1. The molecule has 8 heteroatoms. The van der Waals surface area contributed by atoms with Crippen molar-refractivity contribution in [1.82, 2.24) is 14.6 Å². The number of rotatable bonds is 2. The molecule has 5 rings (SSSR count). The van der Waals surface area contributed by atoms with Gasteiger partial charge in [-0.25, -0.2) is 0 Å². The van der Waals surface area contributed by atoms with Crippen molar-refractivity contribution < 1.29 is 4.79 Å². The molecule has 0 unspecified atom stereocenters. The van der Waals surface area contributed by atoms with E-state index >= 15 is 0 Å². The van der Waals surface area contributed by atoms with Gasteiger partial charge in [0.1, 0.15) is 4.53 Å². The molecular formula is C21H15BrN4O2S. The average Bonchev–Trinajstić information content (AvgIpc) is 3.33. The Morgan fingerprint density at radius 1 is 1.10 bits per heavy atom. The van der Waals surface area contributed by atoms with E-state index in [4.69, 9.17) is 0 Å². The number of nitrogens with zero attached hydrogens (tertiary/aromatic N) is 4. The number of benzene rings is 2. The molecule has 1 amide bonds. The van der Waals surface area contributed by atoms with E-state index < -0.39 is 0 Å². The van der Waals surface area contributed by atoms with Crippen LogP contribution in [-0.2, 0) is 4.79 Å². The van der Waals surface area contributed by atoms with Gasteiger partial charge in [-0.3, -0.25) is 9.59 Å². The van der Waals surface area contributed by atoms with Gasteiger partial charge in [0.15, 0.2) is 5.82 Å². The van der Waals surface area contributed by atoms with E-state index in [1.54, 1.807) is 4.90 Å². The predicted molar refractivity (Wildman–Crippen MR) is 117 cm³/mol. The summed E-state index contributed by atoms with van der Waals surface area (Å²) in [7, 11) is 0. The van der Waals surface area contributed by atoms with Crippen LogP contribution < -0.4 is 15.0 Å². The van der Waals surface area contributed by atoms with Crippen molar-refractivity contribution in [2.45, 2.75) is 13.8 Å². The lowest BCUT2D eigenvalue weighted by atomic mass is 10.1. The molecule has 0 N–H and O–H groups in total. The van der Waals surface area contributed by atoms with Gasteiger partial charge in [-0.2, -0.15) is 9.50 Å². The van der Waals surface area contributed by atoms with Crippen LogP contribution in [0.25, 0.3) is 21.9 Å². The Morgan fingerprint density at radius 2 is 1.86 bits per heavy atom. The van der Waals surface area contributed by atoms with Crippen molar-refractivity contribution >= 4 is 49.4 Å². The summed E-state index contributed by atoms with van der Waals surface area (Å²) in [5.41, 5.74) is 3.66. The second-order valence-electron chi connectivity index (χ2n) is 6.82. The van der Waals surface area contributed by atoms with Crippen molar-refractivity contribution in [2.75, 3.05) is 11.4 Å². The van der Waals surface area contributed by atoms with Crippen LogP contribution in [0.1, 0.15) is 18.1 Å². The van der Waals surface area contributed by atoms with Gasteiger partial charge in [0.2, 0.25) is 4.96 Å². The van der Waals surface area contributed by atoms with Crippen LogP contribution in [0.15, 0.2) is 51.7 Å². The average molecular weight is 467 g/mol. The van der Waals surface area contributed by atoms with Gasteiger partial charge in [0, 0.05) is 22.1 Å². The Kier molecular flexibility index (Phi) is 4.15. The lowest BCUT2D eigenvalue weighted by molar-refractivity contribution is -0.113. The van der Waals surface area contributed by atoms with Crippen LogP contribution >= 0.6 is 27.3 Å². The molecule has 2 aromatic heterocycles. The number of aryl methyl sites for hydroxylation is 1. The largest absolute Gasteiger partial charge is 0.308 e. The number of anilines is 1. The Morgan fingerprint density at radius 3 is 2.55 bits per heavy atom. The summed E-state index contributed by atoms with van der Waals surface area (Å²) in [6.07, 6.45) is 0. The summed E-state index contributed by atoms with van der Waals surface area (Å²) in [5, 5.41) is 4.40. The van der Waals surface area contributed by atoms with Crippen molar-refractivity contribution in [3.8, 4) is 11.4 Å². The number of likely N-dealkylation sites (N-methyl/N-ethyl adjacent to an activating group) is 1. The summed E-state index contributed by atoms with van der Waals surface area (Å²) in [6.45, 7) is 4.46. The molecule has 29 heavy (non-hydrogen) atoms. The molecule has 6 nitrogen and oxygen atoms in total. The van der Waals surface area contributed by atoms with Gasteiger partial charge in [-0.1, -0.05) is 57.1 Å². The third-order valence-electron chi connectivity index (χ3n) is 4.99. The van der Waals surface area contributed by atoms with E-state index in [1.165, 1.54) is 15.9 Å². The quantitative estimate of drug-likeness (QED) is 0.454. The number of thiazole rings is 1. The summed E-state index contributed by atoms with van der Waals surface area (Å²) >= 11 is 4.67. The number of hydrogen-bond acceptors (Lipinski definition) is 5. The lowest BCUT2D eigenvalue weighted by Gasteiger charge is -2.13. The molecule has 4 aromatic rings. The molecule has 0 radical (unpaired) electrons. The zero-order valence-electron chi connectivity index (χ0n) is 15.6. The summed E-state index contributed by atoms with van der Waals surface area (Å²) < 4.78 is 2.52.